The number of unbranched alkanes of at least 4 members (excludes halogenated alkanes) is 1. The van der Waals surface area contributed by atoms with Gasteiger partial charge >= 0.3 is 0 Å². The minimum absolute atomic E-state index is 0.106. The van der Waals surface area contributed by atoms with E-state index in [4.69, 9.17) is 0 Å². The third-order valence-electron chi connectivity index (χ3n) is 2.69. The highest BCUT2D eigenvalue weighted by Crippen LogP contribution is 2.15. The summed E-state index contributed by atoms with van der Waals surface area (Å²) in [7, 11) is 0. The van der Waals surface area contributed by atoms with E-state index in [-0.39, 0.29) is 5.91 Å². The predicted molar refractivity (Wildman–Crippen MR) is 61.2 cm³/mol. The number of carbonyl (C=O) groups excluding carboxylic acids is 1. The second kappa shape index (κ2) is 7.84. The van der Waals surface area contributed by atoms with E-state index in [1.807, 2.05) is 0 Å². The van der Waals surface area contributed by atoms with Gasteiger partial charge in [0, 0.05) is 13.0 Å². The van der Waals surface area contributed by atoms with E-state index in [1.54, 1.807) is 6.92 Å². The van der Waals surface area contributed by atoms with Crippen molar-refractivity contribution in [1.29, 1.82) is 0 Å². The van der Waals surface area contributed by atoms with Crippen molar-refractivity contribution in [1.82, 2.24) is 5.32 Å². The van der Waals surface area contributed by atoms with Crippen molar-refractivity contribution in [2.75, 3.05) is 0 Å². The zero-order chi connectivity index (χ0) is 11.0. The van der Waals surface area contributed by atoms with Crippen LogP contribution in [0.4, 0.5) is 0 Å². The Morgan fingerprint density at radius 3 is 2.29 bits per heavy atom. The SMILES string of the molecule is CCCCC(NC(C)=O)C(C)CCC. The molecule has 2 heteroatoms. The van der Waals surface area contributed by atoms with Gasteiger partial charge in [0.25, 0.3) is 0 Å². The Balaban J connectivity index is 4.00. The van der Waals surface area contributed by atoms with Crippen LogP contribution in [0.2, 0.25) is 0 Å². The molecular weight excluding hydrogens is 174 g/mol. The van der Waals surface area contributed by atoms with Crippen molar-refractivity contribution < 1.29 is 4.79 Å². The molecule has 0 aliphatic rings. The van der Waals surface area contributed by atoms with E-state index in [9.17, 15) is 4.79 Å². The van der Waals surface area contributed by atoms with E-state index in [0.717, 1.165) is 6.42 Å². The van der Waals surface area contributed by atoms with Crippen LogP contribution in [-0.2, 0) is 4.79 Å². The Bertz CT molecular complexity index is 156. The molecule has 2 atom stereocenters. The number of hydrogen-bond donors (Lipinski definition) is 1. The topological polar surface area (TPSA) is 29.1 Å². The van der Waals surface area contributed by atoms with Gasteiger partial charge in [0.1, 0.15) is 0 Å². The lowest BCUT2D eigenvalue weighted by Crippen LogP contribution is -2.38. The molecular formula is C12H25NO. The van der Waals surface area contributed by atoms with Gasteiger partial charge in [0.15, 0.2) is 0 Å². The summed E-state index contributed by atoms with van der Waals surface area (Å²) in [5.41, 5.74) is 0. The monoisotopic (exact) mass is 199 g/mol. The van der Waals surface area contributed by atoms with Crippen molar-refractivity contribution in [3.8, 4) is 0 Å². The van der Waals surface area contributed by atoms with Crippen LogP contribution < -0.4 is 5.32 Å². The summed E-state index contributed by atoms with van der Waals surface area (Å²) >= 11 is 0. The summed E-state index contributed by atoms with van der Waals surface area (Å²) in [4.78, 5) is 11.0. The molecule has 0 radical (unpaired) electrons. The van der Waals surface area contributed by atoms with E-state index in [1.165, 1.54) is 25.7 Å². The largest absolute Gasteiger partial charge is 0.353 e. The average Bonchev–Trinajstić information content (AvgIpc) is 2.12. The number of amides is 1. The molecule has 14 heavy (non-hydrogen) atoms. The van der Waals surface area contributed by atoms with Gasteiger partial charge in [-0.25, -0.2) is 0 Å². The van der Waals surface area contributed by atoms with E-state index < -0.39 is 0 Å². The first kappa shape index (κ1) is 13.5. The summed E-state index contributed by atoms with van der Waals surface area (Å²) < 4.78 is 0. The van der Waals surface area contributed by atoms with Crippen LogP contribution in [0.3, 0.4) is 0 Å². The lowest BCUT2D eigenvalue weighted by molar-refractivity contribution is -0.120. The molecule has 2 nitrogen and oxygen atoms in total. The third-order valence-corrected chi connectivity index (χ3v) is 2.69. The van der Waals surface area contributed by atoms with Crippen molar-refractivity contribution in [2.45, 2.75) is 65.8 Å². The minimum Gasteiger partial charge on any atom is -0.353 e. The van der Waals surface area contributed by atoms with Crippen LogP contribution in [0.15, 0.2) is 0 Å². The van der Waals surface area contributed by atoms with Crippen LogP contribution in [0.1, 0.15) is 59.8 Å². The molecule has 0 aromatic heterocycles. The van der Waals surface area contributed by atoms with Gasteiger partial charge in [0.2, 0.25) is 5.91 Å². The Morgan fingerprint density at radius 2 is 1.86 bits per heavy atom. The highest BCUT2D eigenvalue weighted by Gasteiger charge is 2.16. The number of hydrogen-bond acceptors (Lipinski definition) is 1. The van der Waals surface area contributed by atoms with Crippen molar-refractivity contribution >= 4 is 5.91 Å². The van der Waals surface area contributed by atoms with E-state index in [2.05, 4.69) is 26.1 Å². The molecule has 0 aliphatic heterocycles. The smallest absolute Gasteiger partial charge is 0.217 e. The molecule has 0 saturated heterocycles. The first-order valence-corrected chi connectivity index (χ1v) is 5.88. The third kappa shape index (κ3) is 6.01. The molecule has 0 rings (SSSR count). The van der Waals surface area contributed by atoms with Gasteiger partial charge < -0.3 is 5.32 Å². The Morgan fingerprint density at radius 1 is 1.21 bits per heavy atom. The normalized spacial score (nSPS) is 14.9. The first-order valence-electron chi connectivity index (χ1n) is 5.88. The van der Waals surface area contributed by atoms with E-state index >= 15 is 0 Å². The number of nitrogens with one attached hydrogen (secondary N) is 1. The fourth-order valence-electron chi connectivity index (χ4n) is 1.84. The summed E-state index contributed by atoms with van der Waals surface area (Å²) in [6.07, 6.45) is 5.93. The Kier molecular flexibility index (Phi) is 7.54. The molecule has 84 valence electrons. The molecule has 0 saturated carbocycles. The summed E-state index contributed by atoms with van der Waals surface area (Å²) in [5, 5.41) is 3.06. The molecule has 2 unspecified atom stereocenters. The number of carbonyl (C=O) groups is 1. The predicted octanol–water partition coefficient (Wildman–Crippen LogP) is 3.12. The van der Waals surface area contributed by atoms with Gasteiger partial charge in [-0.3, -0.25) is 4.79 Å². The van der Waals surface area contributed by atoms with Gasteiger partial charge in [-0.15, -0.1) is 0 Å². The van der Waals surface area contributed by atoms with Crippen LogP contribution >= 0.6 is 0 Å². The van der Waals surface area contributed by atoms with Crippen molar-refractivity contribution in [3.05, 3.63) is 0 Å². The quantitative estimate of drug-likeness (QED) is 0.670. The fourth-order valence-corrected chi connectivity index (χ4v) is 1.84. The second-order valence-electron chi connectivity index (χ2n) is 4.22. The zero-order valence-electron chi connectivity index (χ0n) is 10.1. The molecule has 0 heterocycles. The first-order chi connectivity index (χ1) is 6.61. The maximum absolute atomic E-state index is 11.0. The number of rotatable bonds is 7. The molecule has 0 aliphatic carbocycles. The Labute approximate surface area is 88.5 Å². The fraction of sp³-hybridized carbons (Fsp3) is 0.917. The van der Waals surface area contributed by atoms with Gasteiger partial charge in [-0.05, 0) is 18.8 Å². The highest BCUT2D eigenvalue weighted by molar-refractivity contribution is 5.73. The summed E-state index contributed by atoms with van der Waals surface area (Å²) in [6, 6.07) is 0.382. The van der Waals surface area contributed by atoms with Gasteiger partial charge in [-0.2, -0.15) is 0 Å². The molecule has 0 fully saturated rings. The lowest BCUT2D eigenvalue weighted by atomic mass is 9.93. The van der Waals surface area contributed by atoms with Crippen molar-refractivity contribution in [3.63, 3.8) is 0 Å². The lowest BCUT2D eigenvalue weighted by Gasteiger charge is -2.24. The molecule has 0 aromatic carbocycles. The Hall–Kier alpha value is -0.530. The molecule has 0 bridgehead atoms. The van der Waals surface area contributed by atoms with Gasteiger partial charge in [-0.1, -0.05) is 40.0 Å². The molecule has 0 spiro atoms. The highest BCUT2D eigenvalue weighted by atomic mass is 16.1. The zero-order valence-corrected chi connectivity index (χ0v) is 10.1. The maximum atomic E-state index is 11.0. The second-order valence-corrected chi connectivity index (χ2v) is 4.22. The minimum atomic E-state index is 0.106. The molecule has 1 N–H and O–H groups in total. The van der Waals surface area contributed by atoms with Crippen LogP contribution in [-0.4, -0.2) is 11.9 Å². The van der Waals surface area contributed by atoms with Crippen LogP contribution in [0.25, 0.3) is 0 Å². The average molecular weight is 199 g/mol. The standard InChI is InChI=1S/C12H25NO/c1-5-7-9-12(13-11(4)14)10(3)8-6-2/h10,12H,5-9H2,1-4H3,(H,13,14). The van der Waals surface area contributed by atoms with Crippen LogP contribution in [0.5, 0.6) is 0 Å². The van der Waals surface area contributed by atoms with E-state index in [0.29, 0.717) is 12.0 Å². The van der Waals surface area contributed by atoms with Crippen LogP contribution in [0, 0.1) is 5.92 Å². The molecule has 0 aromatic rings. The van der Waals surface area contributed by atoms with Crippen molar-refractivity contribution in [2.24, 2.45) is 5.92 Å². The van der Waals surface area contributed by atoms with Gasteiger partial charge in [0.05, 0.1) is 0 Å². The summed E-state index contributed by atoms with van der Waals surface area (Å²) in [6.45, 7) is 8.23. The maximum Gasteiger partial charge on any atom is 0.217 e. The molecule has 1 amide bonds. The summed E-state index contributed by atoms with van der Waals surface area (Å²) in [5.74, 6) is 0.713.